The number of amides is 1. The first-order valence-electron chi connectivity index (χ1n) is 8.99. The van der Waals surface area contributed by atoms with Crippen LogP contribution in [0.1, 0.15) is 31.4 Å². The number of nitrogens with one attached hydrogen (secondary N) is 1. The summed E-state index contributed by atoms with van der Waals surface area (Å²) in [6.07, 6.45) is 0.835. The quantitative estimate of drug-likeness (QED) is 0.853. The highest BCUT2D eigenvalue weighted by molar-refractivity contribution is 7.89. The van der Waals surface area contributed by atoms with Crippen LogP contribution < -0.4 is 5.32 Å². The van der Waals surface area contributed by atoms with Crippen LogP contribution in [0.2, 0.25) is 0 Å². The molecule has 0 aliphatic carbocycles. The zero-order chi connectivity index (χ0) is 19.4. The van der Waals surface area contributed by atoms with Crippen LogP contribution in [0.25, 0.3) is 0 Å². The molecule has 144 valence electrons. The molecule has 1 heterocycles. The van der Waals surface area contributed by atoms with Crippen molar-refractivity contribution in [1.29, 1.82) is 0 Å². The topological polar surface area (TPSA) is 66.5 Å². The van der Waals surface area contributed by atoms with Gasteiger partial charge in [-0.2, -0.15) is 4.31 Å². The van der Waals surface area contributed by atoms with E-state index in [1.807, 2.05) is 37.3 Å². The molecule has 1 saturated heterocycles. The van der Waals surface area contributed by atoms with Crippen molar-refractivity contribution in [2.75, 3.05) is 13.1 Å². The molecule has 27 heavy (non-hydrogen) atoms. The van der Waals surface area contributed by atoms with Crippen molar-refractivity contribution in [2.45, 2.75) is 30.7 Å². The fourth-order valence-corrected chi connectivity index (χ4v) is 4.84. The van der Waals surface area contributed by atoms with Crippen molar-refractivity contribution < 1.29 is 17.6 Å². The van der Waals surface area contributed by atoms with Crippen LogP contribution in [0.4, 0.5) is 4.39 Å². The van der Waals surface area contributed by atoms with Crippen LogP contribution in [0.5, 0.6) is 0 Å². The van der Waals surface area contributed by atoms with Gasteiger partial charge >= 0.3 is 0 Å². The molecule has 7 heteroatoms. The Bertz CT molecular complexity index is 894. The van der Waals surface area contributed by atoms with Crippen LogP contribution in [0.15, 0.2) is 59.5 Å². The van der Waals surface area contributed by atoms with Crippen LogP contribution in [0.3, 0.4) is 0 Å². The average molecular weight is 390 g/mol. The van der Waals surface area contributed by atoms with Gasteiger partial charge in [-0.15, -0.1) is 0 Å². The summed E-state index contributed by atoms with van der Waals surface area (Å²) in [6.45, 7) is 2.33. The fourth-order valence-electron chi connectivity index (χ4n) is 3.31. The normalized spacial score (nSPS) is 17.4. The van der Waals surface area contributed by atoms with Gasteiger partial charge in [0.15, 0.2) is 0 Å². The highest BCUT2D eigenvalue weighted by Gasteiger charge is 2.33. The number of hydrogen-bond acceptors (Lipinski definition) is 3. The number of piperidine rings is 1. The summed E-state index contributed by atoms with van der Waals surface area (Å²) in [6, 6.07) is 14.9. The summed E-state index contributed by atoms with van der Waals surface area (Å²) < 4.78 is 40.4. The predicted octanol–water partition coefficient (Wildman–Crippen LogP) is 3.10. The molecule has 1 aliphatic heterocycles. The van der Waals surface area contributed by atoms with E-state index < -0.39 is 15.8 Å². The van der Waals surface area contributed by atoms with Crippen molar-refractivity contribution in [2.24, 2.45) is 5.92 Å². The van der Waals surface area contributed by atoms with E-state index >= 15 is 0 Å². The first-order valence-corrected chi connectivity index (χ1v) is 10.4. The van der Waals surface area contributed by atoms with E-state index in [0.717, 1.165) is 11.6 Å². The summed E-state index contributed by atoms with van der Waals surface area (Å²) in [7, 11) is -3.88. The van der Waals surface area contributed by atoms with Gasteiger partial charge in [-0.1, -0.05) is 42.5 Å². The molecule has 5 nitrogen and oxygen atoms in total. The van der Waals surface area contributed by atoms with E-state index in [1.165, 1.54) is 22.5 Å². The van der Waals surface area contributed by atoms with Crippen molar-refractivity contribution in [3.05, 3.63) is 66.0 Å². The number of halogens is 1. The molecule has 1 N–H and O–H groups in total. The minimum Gasteiger partial charge on any atom is -0.349 e. The van der Waals surface area contributed by atoms with Gasteiger partial charge in [-0.05, 0) is 37.5 Å². The minimum absolute atomic E-state index is 0.0747. The number of rotatable bonds is 5. The first kappa shape index (κ1) is 19.5. The van der Waals surface area contributed by atoms with E-state index in [2.05, 4.69) is 5.32 Å². The molecule has 2 aromatic carbocycles. The highest BCUT2D eigenvalue weighted by Crippen LogP contribution is 2.26. The summed E-state index contributed by atoms with van der Waals surface area (Å²) in [5.74, 6) is -1.08. The van der Waals surface area contributed by atoms with Gasteiger partial charge in [0.2, 0.25) is 15.9 Å². The zero-order valence-electron chi connectivity index (χ0n) is 15.1. The van der Waals surface area contributed by atoms with Gasteiger partial charge in [0.1, 0.15) is 10.7 Å². The van der Waals surface area contributed by atoms with E-state index in [1.54, 1.807) is 0 Å². The van der Waals surface area contributed by atoms with E-state index in [9.17, 15) is 17.6 Å². The summed E-state index contributed by atoms with van der Waals surface area (Å²) in [5, 5.41) is 2.99. The molecule has 1 atom stereocenters. The Morgan fingerprint density at radius 1 is 1.07 bits per heavy atom. The Balaban J connectivity index is 1.60. The van der Waals surface area contributed by atoms with Crippen LogP contribution >= 0.6 is 0 Å². The molecule has 0 spiro atoms. The molecular weight excluding hydrogens is 367 g/mol. The number of sulfonamides is 1. The van der Waals surface area contributed by atoms with Crippen LogP contribution in [0, 0.1) is 11.7 Å². The second-order valence-electron chi connectivity index (χ2n) is 6.75. The predicted molar refractivity (Wildman–Crippen MR) is 101 cm³/mol. The molecule has 0 saturated carbocycles. The summed E-state index contributed by atoms with van der Waals surface area (Å²) >= 11 is 0. The Labute approximate surface area is 159 Å². The average Bonchev–Trinajstić information content (AvgIpc) is 2.69. The number of benzene rings is 2. The Hall–Kier alpha value is -2.25. The highest BCUT2D eigenvalue weighted by atomic mass is 32.2. The molecule has 1 aliphatic rings. The molecule has 1 unspecified atom stereocenters. The summed E-state index contributed by atoms with van der Waals surface area (Å²) in [5.41, 5.74) is 1.02. The molecule has 2 aromatic rings. The zero-order valence-corrected chi connectivity index (χ0v) is 16.0. The van der Waals surface area contributed by atoms with Gasteiger partial charge in [0.05, 0.1) is 6.04 Å². The van der Waals surface area contributed by atoms with Gasteiger partial charge in [-0.3, -0.25) is 4.79 Å². The third-order valence-corrected chi connectivity index (χ3v) is 6.87. The molecule has 0 aromatic heterocycles. The maximum absolute atomic E-state index is 13.9. The van der Waals surface area contributed by atoms with Gasteiger partial charge in [-0.25, -0.2) is 12.8 Å². The minimum atomic E-state index is -3.88. The lowest BCUT2D eigenvalue weighted by Gasteiger charge is -2.31. The number of hydrogen-bond donors (Lipinski definition) is 1. The maximum atomic E-state index is 13.9. The molecule has 1 fully saturated rings. The monoisotopic (exact) mass is 390 g/mol. The van der Waals surface area contributed by atoms with Crippen LogP contribution in [-0.4, -0.2) is 31.7 Å². The smallest absolute Gasteiger partial charge is 0.245 e. The van der Waals surface area contributed by atoms with E-state index in [-0.39, 0.29) is 35.9 Å². The third kappa shape index (κ3) is 4.36. The van der Waals surface area contributed by atoms with E-state index in [0.29, 0.717) is 12.8 Å². The van der Waals surface area contributed by atoms with E-state index in [4.69, 9.17) is 0 Å². The number of carbonyl (C=O) groups is 1. The lowest BCUT2D eigenvalue weighted by Crippen LogP contribution is -2.43. The first-order chi connectivity index (χ1) is 12.9. The largest absolute Gasteiger partial charge is 0.349 e. The van der Waals surface area contributed by atoms with Crippen molar-refractivity contribution in [3.63, 3.8) is 0 Å². The molecule has 0 radical (unpaired) electrons. The summed E-state index contributed by atoms with van der Waals surface area (Å²) in [4.78, 5) is 12.2. The molecular formula is C20H23FN2O3S. The lowest BCUT2D eigenvalue weighted by atomic mass is 9.96. The SMILES string of the molecule is CC(NC(=O)C1CCN(S(=O)(=O)c2ccccc2F)CC1)c1ccccc1. The number of nitrogens with zero attached hydrogens (tertiary/aromatic N) is 1. The van der Waals surface area contributed by atoms with Gasteiger partial charge in [0.25, 0.3) is 0 Å². The second-order valence-corrected chi connectivity index (χ2v) is 8.66. The standard InChI is InChI=1S/C20H23FN2O3S/c1-15(16-7-3-2-4-8-16)22-20(24)17-11-13-23(14-12-17)27(25,26)19-10-6-5-9-18(19)21/h2-10,15,17H,11-14H2,1H3,(H,22,24). The second kappa shape index (κ2) is 8.19. The maximum Gasteiger partial charge on any atom is 0.245 e. The van der Waals surface area contributed by atoms with Crippen molar-refractivity contribution in [3.8, 4) is 0 Å². The third-order valence-electron chi connectivity index (χ3n) is 4.94. The van der Waals surface area contributed by atoms with Crippen LogP contribution in [-0.2, 0) is 14.8 Å². The molecule has 1 amide bonds. The number of carbonyl (C=O) groups excluding carboxylic acids is 1. The molecule has 0 bridgehead atoms. The lowest BCUT2D eigenvalue weighted by molar-refractivity contribution is -0.126. The van der Waals surface area contributed by atoms with Gasteiger partial charge < -0.3 is 5.32 Å². The fraction of sp³-hybridized carbons (Fsp3) is 0.350. The Kier molecular flexibility index (Phi) is 5.92. The van der Waals surface area contributed by atoms with Crippen molar-refractivity contribution in [1.82, 2.24) is 9.62 Å². The molecule has 3 rings (SSSR count). The Morgan fingerprint density at radius 2 is 1.67 bits per heavy atom. The van der Waals surface area contributed by atoms with Gasteiger partial charge in [0, 0.05) is 19.0 Å². The Morgan fingerprint density at radius 3 is 2.30 bits per heavy atom. The van der Waals surface area contributed by atoms with Crippen molar-refractivity contribution >= 4 is 15.9 Å².